The number of aromatic nitrogens is 1. The van der Waals surface area contributed by atoms with E-state index in [0.717, 1.165) is 42.8 Å². The number of nitrogens with zero attached hydrogens (tertiary/aromatic N) is 2. The van der Waals surface area contributed by atoms with Crippen molar-refractivity contribution in [2.45, 2.75) is 32.4 Å². The van der Waals surface area contributed by atoms with Crippen LogP contribution in [0.5, 0.6) is 0 Å². The van der Waals surface area contributed by atoms with Crippen LogP contribution in [-0.4, -0.2) is 35.1 Å². The van der Waals surface area contributed by atoms with Crippen molar-refractivity contribution in [3.8, 4) is 0 Å². The van der Waals surface area contributed by atoms with Crippen molar-refractivity contribution in [1.29, 1.82) is 0 Å². The summed E-state index contributed by atoms with van der Waals surface area (Å²) in [5.41, 5.74) is 1.40. The number of hydrogen-bond acceptors (Lipinski definition) is 3. The molecule has 0 saturated carbocycles. The highest BCUT2D eigenvalue weighted by molar-refractivity contribution is 9.10. The molecule has 0 spiro atoms. The zero-order valence-electron chi connectivity index (χ0n) is 10.5. The van der Waals surface area contributed by atoms with Gasteiger partial charge >= 0.3 is 0 Å². The molecule has 3 nitrogen and oxygen atoms in total. The van der Waals surface area contributed by atoms with E-state index >= 15 is 0 Å². The van der Waals surface area contributed by atoms with Gasteiger partial charge in [0, 0.05) is 42.4 Å². The first-order valence-corrected chi connectivity index (χ1v) is 6.98. The molecule has 1 aliphatic rings. The molecule has 1 unspecified atom stereocenters. The highest BCUT2D eigenvalue weighted by Crippen LogP contribution is 2.17. The van der Waals surface area contributed by atoms with E-state index in [1.165, 1.54) is 0 Å². The second-order valence-corrected chi connectivity index (χ2v) is 5.94. The first-order valence-electron chi connectivity index (χ1n) is 6.19. The van der Waals surface area contributed by atoms with Gasteiger partial charge in [0.25, 0.3) is 0 Å². The largest absolute Gasteiger partial charge is 0.309 e. The highest BCUT2D eigenvalue weighted by Gasteiger charge is 2.28. The molecule has 0 radical (unpaired) electrons. The third kappa shape index (κ3) is 3.50. The molecule has 1 saturated heterocycles. The summed E-state index contributed by atoms with van der Waals surface area (Å²) in [6.45, 7) is 8.77. The molecule has 1 fully saturated rings. The van der Waals surface area contributed by atoms with Gasteiger partial charge < -0.3 is 5.32 Å². The average molecular weight is 298 g/mol. The number of pyridine rings is 1. The predicted molar refractivity (Wildman–Crippen MR) is 73.9 cm³/mol. The van der Waals surface area contributed by atoms with Gasteiger partial charge in [0.2, 0.25) is 0 Å². The Kier molecular flexibility index (Phi) is 4.17. The van der Waals surface area contributed by atoms with E-state index in [-0.39, 0.29) is 5.54 Å². The molecular formula is C13H20BrN3. The van der Waals surface area contributed by atoms with Crippen LogP contribution in [0.3, 0.4) is 0 Å². The van der Waals surface area contributed by atoms with Gasteiger partial charge in [0.05, 0.1) is 5.69 Å². The molecule has 1 aliphatic heterocycles. The van der Waals surface area contributed by atoms with Gasteiger partial charge in [-0.25, -0.2) is 0 Å². The SMILES string of the molecule is CCC1(C)CN(Cc2ccc(Br)cn2)CCN1. The molecule has 0 aliphatic carbocycles. The Bertz CT molecular complexity index is 365. The minimum Gasteiger partial charge on any atom is -0.309 e. The molecule has 1 N–H and O–H groups in total. The van der Waals surface area contributed by atoms with E-state index in [2.05, 4.69) is 57.1 Å². The summed E-state index contributed by atoms with van der Waals surface area (Å²) in [4.78, 5) is 6.92. The Balaban J connectivity index is 1.97. The van der Waals surface area contributed by atoms with Crippen LogP contribution < -0.4 is 5.32 Å². The second kappa shape index (κ2) is 5.46. The van der Waals surface area contributed by atoms with Gasteiger partial charge in [0.1, 0.15) is 0 Å². The van der Waals surface area contributed by atoms with Gasteiger partial charge in [0.15, 0.2) is 0 Å². The smallest absolute Gasteiger partial charge is 0.0544 e. The van der Waals surface area contributed by atoms with Crippen molar-refractivity contribution in [2.24, 2.45) is 0 Å². The fourth-order valence-corrected chi connectivity index (χ4v) is 2.48. The van der Waals surface area contributed by atoms with Crippen molar-refractivity contribution in [1.82, 2.24) is 15.2 Å². The molecule has 0 bridgehead atoms. The lowest BCUT2D eigenvalue weighted by Crippen LogP contribution is -2.58. The molecule has 2 heterocycles. The van der Waals surface area contributed by atoms with Crippen LogP contribution in [0.2, 0.25) is 0 Å². The maximum absolute atomic E-state index is 4.44. The second-order valence-electron chi connectivity index (χ2n) is 5.02. The monoisotopic (exact) mass is 297 g/mol. The van der Waals surface area contributed by atoms with E-state index < -0.39 is 0 Å². The quantitative estimate of drug-likeness (QED) is 0.929. The Morgan fingerprint density at radius 1 is 1.53 bits per heavy atom. The first kappa shape index (κ1) is 13.0. The number of hydrogen-bond donors (Lipinski definition) is 1. The minimum atomic E-state index is 0.258. The van der Waals surface area contributed by atoms with Crippen LogP contribution in [0, 0.1) is 0 Å². The van der Waals surface area contributed by atoms with Gasteiger partial charge in [-0.1, -0.05) is 6.92 Å². The Morgan fingerprint density at radius 3 is 3.00 bits per heavy atom. The fourth-order valence-electron chi connectivity index (χ4n) is 2.25. The third-order valence-corrected chi connectivity index (χ3v) is 3.98. The molecule has 17 heavy (non-hydrogen) atoms. The number of rotatable bonds is 3. The number of piperazine rings is 1. The van der Waals surface area contributed by atoms with Crippen LogP contribution >= 0.6 is 15.9 Å². The third-order valence-electron chi connectivity index (χ3n) is 3.51. The van der Waals surface area contributed by atoms with Gasteiger partial charge in [-0.05, 0) is 41.4 Å². The van der Waals surface area contributed by atoms with Gasteiger partial charge in [-0.15, -0.1) is 0 Å². The standard InChI is InChI=1S/C13H20BrN3/c1-3-13(2)10-17(7-6-16-13)9-12-5-4-11(14)8-15-12/h4-5,8,16H,3,6-7,9-10H2,1-2H3. The molecule has 1 aromatic heterocycles. The van der Waals surface area contributed by atoms with E-state index in [4.69, 9.17) is 0 Å². The first-order chi connectivity index (χ1) is 8.11. The summed E-state index contributed by atoms with van der Waals surface area (Å²) in [5, 5.41) is 3.60. The van der Waals surface area contributed by atoms with E-state index in [9.17, 15) is 0 Å². The van der Waals surface area contributed by atoms with E-state index in [1.54, 1.807) is 0 Å². The van der Waals surface area contributed by atoms with Crippen LogP contribution in [0.15, 0.2) is 22.8 Å². The Morgan fingerprint density at radius 2 is 2.35 bits per heavy atom. The number of nitrogens with one attached hydrogen (secondary N) is 1. The van der Waals surface area contributed by atoms with Crippen LogP contribution in [0.4, 0.5) is 0 Å². The molecular weight excluding hydrogens is 278 g/mol. The minimum absolute atomic E-state index is 0.258. The molecule has 0 aromatic carbocycles. The highest BCUT2D eigenvalue weighted by atomic mass is 79.9. The molecule has 4 heteroatoms. The van der Waals surface area contributed by atoms with Gasteiger partial charge in [-0.2, -0.15) is 0 Å². The fraction of sp³-hybridized carbons (Fsp3) is 0.615. The molecule has 1 atom stereocenters. The summed E-state index contributed by atoms with van der Waals surface area (Å²) >= 11 is 3.41. The normalized spacial score (nSPS) is 26.1. The molecule has 0 amide bonds. The number of halogens is 1. The van der Waals surface area contributed by atoms with E-state index in [0.29, 0.717) is 0 Å². The summed E-state index contributed by atoms with van der Waals surface area (Å²) < 4.78 is 1.04. The van der Waals surface area contributed by atoms with Crippen LogP contribution in [0.1, 0.15) is 26.0 Å². The summed E-state index contributed by atoms with van der Waals surface area (Å²) in [6.07, 6.45) is 3.04. The van der Waals surface area contributed by atoms with Crippen molar-refractivity contribution in [3.05, 3.63) is 28.5 Å². The van der Waals surface area contributed by atoms with Gasteiger partial charge in [-0.3, -0.25) is 9.88 Å². The lowest BCUT2D eigenvalue weighted by Gasteiger charge is -2.41. The zero-order chi connectivity index (χ0) is 12.3. The van der Waals surface area contributed by atoms with Crippen LogP contribution in [0.25, 0.3) is 0 Å². The van der Waals surface area contributed by atoms with Crippen molar-refractivity contribution < 1.29 is 0 Å². The maximum atomic E-state index is 4.44. The summed E-state index contributed by atoms with van der Waals surface area (Å²) in [6, 6.07) is 4.15. The lowest BCUT2D eigenvalue weighted by molar-refractivity contribution is 0.132. The molecule has 1 aromatic rings. The summed E-state index contributed by atoms with van der Waals surface area (Å²) in [5.74, 6) is 0. The summed E-state index contributed by atoms with van der Waals surface area (Å²) in [7, 11) is 0. The van der Waals surface area contributed by atoms with Crippen molar-refractivity contribution in [2.75, 3.05) is 19.6 Å². The van der Waals surface area contributed by atoms with Crippen molar-refractivity contribution >= 4 is 15.9 Å². The average Bonchev–Trinajstić information content (AvgIpc) is 2.32. The predicted octanol–water partition coefficient (Wildman–Crippen LogP) is 2.42. The van der Waals surface area contributed by atoms with Crippen molar-refractivity contribution in [3.63, 3.8) is 0 Å². The Labute approximate surface area is 112 Å². The topological polar surface area (TPSA) is 28.2 Å². The van der Waals surface area contributed by atoms with Crippen LogP contribution in [-0.2, 0) is 6.54 Å². The molecule has 2 rings (SSSR count). The van der Waals surface area contributed by atoms with E-state index in [1.807, 2.05) is 6.20 Å². The zero-order valence-corrected chi connectivity index (χ0v) is 12.1. The Hall–Kier alpha value is -0.450. The molecule has 94 valence electrons. The lowest BCUT2D eigenvalue weighted by atomic mass is 9.96. The maximum Gasteiger partial charge on any atom is 0.0544 e.